The van der Waals surface area contributed by atoms with Crippen molar-refractivity contribution in [3.05, 3.63) is 102 Å². The highest BCUT2D eigenvalue weighted by molar-refractivity contribution is 6.02. The molecular weight excluding hydrogens is 426 g/mol. The first-order valence-electron chi connectivity index (χ1n) is 11.1. The van der Waals surface area contributed by atoms with Crippen LogP contribution in [0.2, 0.25) is 0 Å². The van der Waals surface area contributed by atoms with Crippen molar-refractivity contribution in [2.75, 3.05) is 18.9 Å². The maximum absolute atomic E-state index is 13.4. The Morgan fingerprint density at radius 2 is 1.71 bits per heavy atom. The van der Waals surface area contributed by atoms with Crippen LogP contribution in [-0.2, 0) is 11.3 Å². The number of nitrogens with one attached hydrogen (secondary N) is 1. The van der Waals surface area contributed by atoms with Gasteiger partial charge in [-0.15, -0.1) is 0 Å². The average molecular weight is 454 g/mol. The van der Waals surface area contributed by atoms with Crippen molar-refractivity contribution in [3.63, 3.8) is 0 Å². The lowest BCUT2D eigenvalue weighted by Gasteiger charge is -2.18. The van der Waals surface area contributed by atoms with Crippen molar-refractivity contribution in [1.82, 2.24) is 19.7 Å². The number of aryl methyl sites for hydroxylation is 2. The van der Waals surface area contributed by atoms with Crippen LogP contribution in [-0.4, -0.2) is 45.1 Å². The number of likely N-dealkylation sites (N-methyl/N-ethyl adjacent to an activating group) is 1. The zero-order chi connectivity index (χ0) is 24.1. The van der Waals surface area contributed by atoms with Gasteiger partial charge in [0.15, 0.2) is 0 Å². The minimum atomic E-state index is -0.283. The van der Waals surface area contributed by atoms with E-state index in [2.05, 4.69) is 15.4 Å². The molecule has 7 heteroatoms. The summed E-state index contributed by atoms with van der Waals surface area (Å²) in [4.78, 5) is 31.7. The van der Waals surface area contributed by atoms with Gasteiger partial charge in [0.1, 0.15) is 5.69 Å². The monoisotopic (exact) mass is 453 g/mol. The second kappa shape index (κ2) is 10.1. The molecule has 0 fully saturated rings. The summed E-state index contributed by atoms with van der Waals surface area (Å²) in [5, 5.41) is 7.61. The number of hydrogen-bond acceptors (Lipinski definition) is 4. The highest BCUT2D eigenvalue weighted by Gasteiger charge is 2.23. The molecule has 0 unspecified atom stereocenters. The van der Waals surface area contributed by atoms with Crippen LogP contribution in [0.15, 0.2) is 79.3 Å². The van der Waals surface area contributed by atoms with Gasteiger partial charge in [0, 0.05) is 36.9 Å². The molecule has 0 aliphatic rings. The van der Waals surface area contributed by atoms with Gasteiger partial charge in [-0.25, -0.2) is 0 Å². The van der Waals surface area contributed by atoms with Crippen molar-refractivity contribution in [3.8, 4) is 11.3 Å². The van der Waals surface area contributed by atoms with Crippen molar-refractivity contribution in [1.29, 1.82) is 0 Å². The van der Waals surface area contributed by atoms with E-state index in [1.54, 1.807) is 30.3 Å². The van der Waals surface area contributed by atoms with E-state index in [0.29, 0.717) is 17.8 Å². The standard InChI is InChI=1S/C27H27N5O2/c1-19-9-7-10-20(2)25(19)29-24(33)18-31(3)27(34)23-17-32(16-21-11-5-4-6-12-21)30-26(23)22-13-8-14-28-15-22/h4-15,17H,16,18H2,1-3H3,(H,29,33). The van der Waals surface area contributed by atoms with E-state index in [9.17, 15) is 9.59 Å². The smallest absolute Gasteiger partial charge is 0.257 e. The summed E-state index contributed by atoms with van der Waals surface area (Å²) < 4.78 is 1.75. The molecule has 0 bridgehead atoms. The van der Waals surface area contributed by atoms with Crippen LogP contribution in [0.1, 0.15) is 27.0 Å². The molecule has 2 amide bonds. The number of benzene rings is 2. The van der Waals surface area contributed by atoms with Crippen molar-refractivity contribution < 1.29 is 9.59 Å². The summed E-state index contributed by atoms with van der Waals surface area (Å²) in [6.07, 6.45) is 5.09. The summed E-state index contributed by atoms with van der Waals surface area (Å²) in [5.74, 6) is -0.539. The molecule has 4 aromatic rings. The van der Waals surface area contributed by atoms with E-state index in [4.69, 9.17) is 0 Å². The van der Waals surface area contributed by atoms with Gasteiger partial charge in [0.25, 0.3) is 5.91 Å². The Kier molecular flexibility index (Phi) is 6.82. The first-order valence-corrected chi connectivity index (χ1v) is 11.1. The maximum Gasteiger partial charge on any atom is 0.257 e. The fourth-order valence-electron chi connectivity index (χ4n) is 3.83. The Balaban J connectivity index is 1.56. The van der Waals surface area contributed by atoms with Gasteiger partial charge >= 0.3 is 0 Å². The molecule has 0 atom stereocenters. The SMILES string of the molecule is Cc1cccc(C)c1NC(=O)CN(C)C(=O)c1cn(Cc2ccccc2)nc1-c1cccnc1. The van der Waals surface area contributed by atoms with E-state index in [1.165, 1.54) is 4.90 Å². The van der Waals surface area contributed by atoms with Crippen LogP contribution in [0, 0.1) is 13.8 Å². The lowest BCUT2D eigenvalue weighted by Crippen LogP contribution is -2.35. The Hall–Kier alpha value is -4.26. The molecule has 7 nitrogen and oxygen atoms in total. The van der Waals surface area contributed by atoms with Crippen LogP contribution in [0.4, 0.5) is 5.69 Å². The molecule has 34 heavy (non-hydrogen) atoms. The number of pyridine rings is 1. The highest BCUT2D eigenvalue weighted by Crippen LogP contribution is 2.23. The molecular formula is C27H27N5O2. The quantitative estimate of drug-likeness (QED) is 0.452. The van der Waals surface area contributed by atoms with Gasteiger partial charge in [-0.3, -0.25) is 19.3 Å². The third kappa shape index (κ3) is 5.20. The molecule has 0 saturated heterocycles. The fourth-order valence-corrected chi connectivity index (χ4v) is 3.83. The van der Waals surface area contributed by atoms with Crippen LogP contribution in [0.25, 0.3) is 11.3 Å². The number of rotatable bonds is 7. The molecule has 4 rings (SSSR count). The summed E-state index contributed by atoms with van der Waals surface area (Å²) >= 11 is 0. The molecule has 0 spiro atoms. The molecule has 0 saturated carbocycles. The van der Waals surface area contributed by atoms with Gasteiger partial charge in [0.2, 0.25) is 5.91 Å². The van der Waals surface area contributed by atoms with E-state index >= 15 is 0 Å². The molecule has 2 aromatic carbocycles. The van der Waals surface area contributed by atoms with Crippen LogP contribution in [0.3, 0.4) is 0 Å². The predicted molar refractivity (Wildman–Crippen MR) is 133 cm³/mol. The number of aromatic nitrogens is 3. The number of para-hydroxylation sites is 1. The van der Waals surface area contributed by atoms with E-state index in [1.807, 2.05) is 74.5 Å². The minimum absolute atomic E-state index is 0.0804. The number of carbonyl (C=O) groups is 2. The average Bonchev–Trinajstić information content (AvgIpc) is 3.26. The second-order valence-corrected chi connectivity index (χ2v) is 8.29. The van der Waals surface area contributed by atoms with E-state index in [-0.39, 0.29) is 18.4 Å². The summed E-state index contributed by atoms with van der Waals surface area (Å²) in [5.41, 5.74) is 5.50. The predicted octanol–water partition coefficient (Wildman–Crippen LogP) is 4.32. The first kappa shape index (κ1) is 22.9. The Labute approximate surface area is 199 Å². The topological polar surface area (TPSA) is 80.1 Å². The summed E-state index contributed by atoms with van der Waals surface area (Å²) in [6, 6.07) is 19.4. The highest BCUT2D eigenvalue weighted by atomic mass is 16.2. The second-order valence-electron chi connectivity index (χ2n) is 8.29. The van der Waals surface area contributed by atoms with Crippen molar-refractivity contribution in [2.24, 2.45) is 0 Å². The molecule has 0 aliphatic carbocycles. The Morgan fingerprint density at radius 3 is 2.38 bits per heavy atom. The van der Waals surface area contributed by atoms with Crippen molar-refractivity contribution >= 4 is 17.5 Å². The Bertz CT molecular complexity index is 1280. The van der Waals surface area contributed by atoms with Crippen LogP contribution >= 0.6 is 0 Å². The van der Waals surface area contributed by atoms with Crippen LogP contribution in [0.5, 0.6) is 0 Å². The third-order valence-corrected chi connectivity index (χ3v) is 5.59. The minimum Gasteiger partial charge on any atom is -0.332 e. The largest absolute Gasteiger partial charge is 0.332 e. The third-order valence-electron chi connectivity index (χ3n) is 5.59. The molecule has 0 radical (unpaired) electrons. The van der Waals surface area contributed by atoms with Gasteiger partial charge in [-0.2, -0.15) is 5.10 Å². The van der Waals surface area contributed by atoms with Gasteiger partial charge in [-0.05, 0) is 42.7 Å². The number of nitrogens with zero attached hydrogens (tertiary/aromatic N) is 4. The van der Waals surface area contributed by atoms with Gasteiger partial charge in [0.05, 0.1) is 18.7 Å². The fraction of sp³-hybridized carbons (Fsp3) is 0.185. The number of hydrogen-bond donors (Lipinski definition) is 1. The molecule has 2 heterocycles. The molecule has 1 N–H and O–H groups in total. The van der Waals surface area contributed by atoms with E-state index in [0.717, 1.165) is 27.9 Å². The lowest BCUT2D eigenvalue weighted by molar-refractivity contribution is -0.116. The van der Waals surface area contributed by atoms with Gasteiger partial charge in [-0.1, -0.05) is 48.5 Å². The maximum atomic E-state index is 13.4. The summed E-state index contributed by atoms with van der Waals surface area (Å²) in [7, 11) is 1.62. The zero-order valence-corrected chi connectivity index (χ0v) is 19.5. The first-order chi connectivity index (χ1) is 16.4. The number of amides is 2. The molecule has 0 aliphatic heterocycles. The van der Waals surface area contributed by atoms with Crippen molar-refractivity contribution in [2.45, 2.75) is 20.4 Å². The molecule has 172 valence electrons. The van der Waals surface area contributed by atoms with Crippen LogP contribution < -0.4 is 5.32 Å². The summed E-state index contributed by atoms with van der Waals surface area (Å²) in [6.45, 7) is 4.33. The number of anilines is 1. The number of carbonyl (C=O) groups excluding carboxylic acids is 2. The Morgan fingerprint density at radius 1 is 0.971 bits per heavy atom. The van der Waals surface area contributed by atoms with Gasteiger partial charge < -0.3 is 10.2 Å². The lowest BCUT2D eigenvalue weighted by atomic mass is 10.1. The zero-order valence-electron chi connectivity index (χ0n) is 19.5. The van der Waals surface area contributed by atoms with E-state index < -0.39 is 0 Å². The molecule has 2 aromatic heterocycles. The normalized spacial score (nSPS) is 10.7.